The maximum atomic E-state index is 5.66. The number of nitrogens with zero attached hydrogens (tertiary/aromatic N) is 1. The van der Waals surface area contributed by atoms with Gasteiger partial charge in [-0.25, -0.2) is 0 Å². The van der Waals surface area contributed by atoms with Gasteiger partial charge in [0.05, 0.1) is 0 Å². The van der Waals surface area contributed by atoms with E-state index in [1.807, 2.05) is 0 Å². The van der Waals surface area contributed by atoms with E-state index in [1.54, 1.807) is 5.56 Å². The van der Waals surface area contributed by atoms with Crippen molar-refractivity contribution in [1.82, 2.24) is 0 Å². The van der Waals surface area contributed by atoms with E-state index in [1.165, 1.54) is 37.8 Å². The Labute approximate surface area is 104 Å². The number of benzene rings is 1. The number of nitrogens with two attached hydrogens (primary N) is 1. The Bertz CT molecular complexity index is 384. The zero-order chi connectivity index (χ0) is 11.7. The number of para-hydroxylation sites is 1. The second kappa shape index (κ2) is 4.69. The highest BCUT2D eigenvalue weighted by Gasteiger charge is 2.35. The van der Waals surface area contributed by atoms with Crippen LogP contribution in [0.2, 0.25) is 0 Å². The molecule has 1 aromatic rings. The van der Waals surface area contributed by atoms with Crippen LogP contribution in [-0.4, -0.2) is 18.6 Å². The predicted molar refractivity (Wildman–Crippen MR) is 72.3 cm³/mol. The molecule has 1 aliphatic carbocycles. The monoisotopic (exact) mass is 230 g/mol. The van der Waals surface area contributed by atoms with Gasteiger partial charge >= 0.3 is 0 Å². The molecule has 17 heavy (non-hydrogen) atoms. The van der Waals surface area contributed by atoms with Gasteiger partial charge in [-0.2, -0.15) is 0 Å². The normalized spacial score (nSPS) is 23.6. The van der Waals surface area contributed by atoms with Crippen molar-refractivity contribution in [2.75, 3.05) is 11.4 Å². The minimum absolute atomic E-state index is 0.709. The summed E-state index contributed by atoms with van der Waals surface area (Å²) >= 11 is 0. The Morgan fingerprint density at radius 1 is 1.24 bits per heavy atom. The van der Waals surface area contributed by atoms with E-state index in [9.17, 15) is 0 Å². The molecule has 1 aliphatic heterocycles. The summed E-state index contributed by atoms with van der Waals surface area (Å²) in [5.74, 6) is 0. The predicted octanol–water partition coefficient (Wildman–Crippen LogP) is 2.71. The second-order valence-electron chi connectivity index (χ2n) is 5.41. The lowest BCUT2D eigenvalue weighted by Gasteiger charge is -2.41. The SMILES string of the molecule is NCCCC1Cc2ccccc2N1C1CCC1. The lowest BCUT2D eigenvalue weighted by atomic mass is 9.90. The van der Waals surface area contributed by atoms with E-state index in [2.05, 4.69) is 29.2 Å². The third-order valence-electron chi connectivity index (χ3n) is 4.33. The van der Waals surface area contributed by atoms with Crippen molar-refractivity contribution in [3.63, 3.8) is 0 Å². The second-order valence-corrected chi connectivity index (χ2v) is 5.41. The van der Waals surface area contributed by atoms with Crippen LogP contribution in [0.25, 0.3) is 0 Å². The first kappa shape index (κ1) is 11.1. The largest absolute Gasteiger partial charge is 0.365 e. The summed E-state index contributed by atoms with van der Waals surface area (Å²) in [6, 6.07) is 10.5. The van der Waals surface area contributed by atoms with Crippen LogP contribution in [0.4, 0.5) is 5.69 Å². The molecule has 0 saturated heterocycles. The van der Waals surface area contributed by atoms with Crippen LogP contribution in [0, 0.1) is 0 Å². The fourth-order valence-electron chi connectivity index (χ4n) is 3.24. The Morgan fingerprint density at radius 2 is 2.06 bits per heavy atom. The molecule has 0 amide bonds. The zero-order valence-corrected chi connectivity index (χ0v) is 10.4. The van der Waals surface area contributed by atoms with Gasteiger partial charge in [0.15, 0.2) is 0 Å². The number of rotatable bonds is 4. The van der Waals surface area contributed by atoms with Crippen molar-refractivity contribution in [2.45, 2.75) is 50.6 Å². The topological polar surface area (TPSA) is 29.3 Å². The summed E-state index contributed by atoms with van der Waals surface area (Å²) in [4.78, 5) is 2.70. The highest BCUT2D eigenvalue weighted by Crippen LogP contribution is 2.40. The molecule has 0 spiro atoms. The molecule has 92 valence electrons. The molecule has 2 aliphatic rings. The van der Waals surface area contributed by atoms with E-state index >= 15 is 0 Å². The molecule has 0 aromatic heterocycles. The van der Waals surface area contributed by atoms with E-state index < -0.39 is 0 Å². The third kappa shape index (κ3) is 1.95. The Hall–Kier alpha value is -1.02. The minimum Gasteiger partial charge on any atom is -0.365 e. The van der Waals surface area contributed by atoms with E-state index in [0.717, 1.165) is 19.0 Å². The molecule has 1 heterocycles. The number of fused-ring (bicyclic) bond motifs is 1. The summed E-state index contributed by atoms with van der Waals surface area (Å²) in [7, 11) is 0. The van der Waals surface area contributed by atoms with E-state index in [-0.39, 0.29) is 0 Å². The molecule has 1 unspecified atom stereocenters. The van der Waals surface area contributed by atoms with Crippen LogP contribution in [-0.2, 0) is 6.42 Å². The van der Waals surface area contributed by atoms with Crippen molar-refractivity contribution in [2.24, 2.45) is 5.73 Å². The van der Waals surface area contributed by atoms with Gasteiger partial charge in [0.1, 0.15) is 0 Å². The number of hydrogen-bond acceptors (Lipinski definition) is 2. The van der Waals surface area contributed by atoms with Crippen LogP contribution in [0.15, 0.2) is 24.3 Å². The average molecular weight is 230 g/mol. The third-order valence-corrected chi connectivity index (χ3v) is 4.33. The van der Waals surface area contributed by atoms with Crippen molar-refractivity contribution in [3.8, 4) is 0 Å². The first-order valence-corrected chi connectivity index (χ1v) is 6.96. The molecule has 1 aromatic carbocycles. The number of hydrogen-bond donors (Lipinski definition) is 1. The van der Waals surface area contributed by atoms with Crippen LogP contribution >= 0.6 is 0 Å². The summed E-state index contributed by atoms with van der Waals surface area (Å²) in [6.45, 7) is 0.825. The summed E-state index contributed by atoms with van der Waals surface area (Å²) < 4.78 is 0. The van der Waals surface area contributed by atoms with Crippen LogP contribution < -0.4 is 10.6 Å². The van der Waals surface area contributed by atoms with Crippen LogP contribution in [0.5, 0.6) is 0 Å². The van der Waals surface area contributed by atoms with Gasteiger partial charge in [0.2, 0.25) is 0 Å². The van der Waals surface area contributed by atoms with Gasteiger partial charge in [-0.1, -0.05) is 18.2 Å². The van der Waals surface area contributed by atoms with Gasteiger partial charge in [0, 0.05) is 17.8 Å². The summed E-state index contributed by atoms with van der Waals surface area (Å²) in [5, 5.41) is 0. The quantitative estimate of drug-likeness (QED) is 0.861. The van der Waals surface area contributed by atoms with Crippen molar-refractivity contribution < 1.29 is 0 Å². The van der Waals surface area contributed by atoms with Crippen LogP contribution in [0.3, 0.4) is 0 Å². The molecule has 2 heteroatoms. The maximum absolute atomic E-state index is 5.66. The zero-order valence-electron chi connectivity index (χ0n) is 10.4. The molecule has 0 bridgehead atoms. The van der Waals surface area contributed by atoms with Crippen molar-refractivity contribution in [3.05, 3.63) is 29.8 Å². The molecule has 0 radical (unpaired) electrons. The van der Waals surface area contributed by atoms with E-state index in [4.69, 9.17) is 5.73 Å². The standard InChI is InChI=1S/C15H22N2/c16-10-4-8-14-11-12-5-1-2-9-15(12)17(14)13-6-3-7-13/h1-2,5,9,13-14H,3-4,6-8,10-11,16H2. The number of anilines is 1. The molecule has 1 atom stereocenters. The van der Waals surface area contributed by atoms with Crippen molar-refractivity contribution >= 4 is 5.69 Å². The molecular formula is C15H22N2. The Morgan fingerprint density at radius 3 is 2.76 bits per heavy atom. The first-order valence-electron chi connectivity index (χ1n) is 6.96. The smallest absolute Gasteiger partial charge is 0.0404 e. The minimum atomic E-state index is 0.709. The Balaban J connectivity index is 1.82. The van der Waals surface area contributed by atoms with Crippen LogP contribution in [0.1, 0.15) is 37.7 Å². The lowest BCUT2D eigenvalue weighted by Crippen LogP contribution is -2.45. The van der Waals surface area contributed by atoms with Gasteiger partial charge in [-0.05, 0) is 56.7 Å². The molecular weight excluding hydrogens is 208 g/mol. The molecule has 3 rings (SSSR count). The fraction of sp³-hybridized carbons (Fsp3) is 0.600. The molecule has 2 N–H and O–H groups in total. The van der Waals surface area contributed by atoms with Gasteiger partial charge in [-0.15, -0.1) is 0 Å². The maximum Gasteiger partial charge on any atom is 0.0404 e. The first-order chi connectivity index (χ1) is 8.40. The van der Waals surface area contributed by atoms with E-state index in [0.29, 0.717) is 6.04 Å². The molecule has 1 saturated carbocycles. The van der Waals surface area contributed by atoms with Gasteiger partial charge in [0.25, 0.3) is 0 Å². The van der Waals surface area contributed by atoms with Gasteiger partial charge < -0.3 is 10.6 Å². The molecule has 1 fully saturated rings. The summed E-state index contributed by atoms with van der Waals surface area (Å²) in [5.41, 5.74) is 8.70. The molecule has 2 nitrogen and oxygen atoms in total. The highest BCUT2D eigenvalue weighted by molar-refractivity contribution is 5.60. The average Bonchev–Trinajstić information content (AvgIpc) is 2.64. The lowest BCUT2D eigenvalue weighted by molar-refractivity contribution is 0.357. The fourth-order valence-corrected chi connectivity index (χ4v) is 3.24. The summed E-state index contributed by atoms with van der Waals surface area (Å²) in [6.07, 6.45) is 7.81. The van der Waals surface area contributed by atoms with Crippen molar-refractivity contribution in [1.29, 1.82) is 0 Å². The highest BCUT2D eigenvalue weighted by atomic mass is 15.2. The van der Waals surface area contributed by atoms with Gasteiger partial charge in [-0.3, -0.25) is 0 Å². The Kier molecular flexibility index (Phi) is 3.06.